The first-order chi connectivity index (χ1) is 18.2. The van der Waals surface area contributed by atoms with Crippen molar-refractivity contribution < 1.29 is 9.53 Å². The van der Waals surface area contributed by atoms with Crippen molar-refractivity contribution >= 4 is 34.7 Å². The maximum absolute atomic E-state index is 14.0. The molecule has 0 radical (unpaired) electrons. The Bertz CT molecular complexity index is 1350. The molecule has 2 aliphatic rings. The van der Waals surface area contributed by atoms with E-state index >= 15 is 0 Å². The lowest BCUT2D eigenvalue weighted by atomic mass is 9.98. The van der Waals surface area contributed by atoms with Crippen molar-refractivity contribution in [2.45, 2.75) is 64.6 Å². The summed E-state index contributed by atoms with van der Waals surface area (Å²) in [5, 5.41) is 8.50. The molecule has 4 heterocycles. The van der Waals surface area contributed by atoms with Crippen LogP contribution in [0.5, 0.6) is 0 Å². The Hall–Kier alpha value is -3.30. The van der Waals surface area contributed by atoms with Crippen LogP contribution in [0.3, 0.4) is 0 Å². The minimum atomic E-state index is -0.163. The summed E-state index contributed by atoms with van der Waals surface area (Å²) in [6, 6.07) is 7.25. The number of carbonyl (C=O) groups excluding carboxylic acids is 1. The fraction of sp³-hybridized carbons (Fsp3) is 0.464. The van der Waals surface area contributed by atoms with Gasteiger partial charge in [0.2, 0.25) is 0 Å². The molecule has 2 saturated heterocycles. The van der Waals surface area contributed by atoms with Crippen LogP contribution < -0.4 is 16.0 Å². The largest absolute Gasteiger partial charge is 0.477 e. The quantitative estimate of drug-likeness (QED) is 0.413. The van der Waals surface area contributed by atoms with Crippen LogP contribution >= 0.6 is 11.6 Å². The van der Waals surface area contributed by atoms with Gasteiger partial charge >= 0.3 is 0 Å². The number of anilines is 2. The van der Waals surface area contributed by atoms with E-state index < -0.39 is 0 Å². The van der Waals surface area contributed by atoms with Crippen LogP contribution in [0.1, 0.15) is 67.2 Å². The summed E-state index contributed by atoms with van der Waals surface area (Å²) < 4.78 is 7.48. The van der Waals surface area contributed by atoms with Crippen molar-refractivity contribution in [3.05, 3.63) is 64.8 Å². The summed E-state index contributed by atoms with van der Waals surface area (Å²) >= 11 is 6.33. The Kier molecular flexibility index (Phi) is 7.49. The summed E-state index contributed by atoms with van der Waals surface area (Å²) in [5.41, 5.74) is 9.88. The first-order valence-corrected chi connectivity index (χ1v) is 13.7. The molecule has 0 unspecified atom stereocenters. The van der Waals surface area contributed by atoms with Crippen LogP contribution in [-0.2, 0) is 4.74 Å². The van der Waals surface area contributed by atoms with Crippen LogP contribution in [0, 0.1) is 6.92 Å². The number of nitrogens with one attached hydrogen (secondary N) is 1. The van der Waals surface area contributed by atoms with E-state index in [9.17, 15) is 4.79 Å². The number of aryl methyl sites for hydroxylation is 1. The molecule has 10 heteroatoms. The average Bonchev–Trinajstić information content (AvgIpc) is 3.49. The molecule has 3 aromatic rings. The van der Waals surface area contributed by atoms with Gasteiger partial charge in [0.05, 0.1) is 29.1 Å². The van der Waals surface area contributed by atoms with Gasteiger partial charge in [0.25, 0.3) is 5.91 Å². The molecular weight excluding hydrogens is 502 g/mol. The van der Waals surface area contributed by atoms with Gasteiger partial charge < -0.3 is 25.6 Å². The van der Waals surface area contributed by atoms with Crippen LogP contribution in [0.2, 0.25) is 5.02 Å². The molecule has 1 aromatic carbocycles. The Labute approximate surface area is 228 Å². The smallest absolute Gasteiger partial charge is 0.256 e. The molecule has 0 bridgehead atoms. The second-order valence-electron chi connectivity index (χ2n) is 10.5. The van der Waals surface area contributed by atoms with Gasteiger partial charge in [-0.2, -0.15) is 5.10 Å². The lowest BCUT2D eigenvalue weighted by Crippen LogP contribution is -2.39. The third-order valence-corrected chi connectivity index (χ3v) is 7.35. The van der Waals surface area contributed by atoms with Gasteiger partial charge in [-0.05, 0) is 71.2 Å². The molecule has 3 N–H and O–H groups in total. The van der Waals surface area contributed by atoms with Crippen molar-refractivity contribution in [2.75, 3.05) is 29.9 Å². The van der Waals surface area contributed by atoms with Crippen molar-refractivity contribution in [2.24, 2.45) is 5.73 Å². The molecular formula is C28H36ClN7O2. The summed E-state index contributed by atoms with van der Waals surface area (Å²) in [4.78, 5) is 23.1. The van der Waals surface area contributed by atoms with Crippen LogP contribution in [0.15, 0.2) is 42.9 Å². The number of ether oxygens (including phenoxy) is 1. The van der Waals surface area contributed by atoms with Crippen LogP contribution in [0.25, 0.3) is 5.65 Å². The number of likely N-dealkylation sites (tertiary alicyclic amines) is 1. The summed E-state index contributed by atoms with van der Waals surface area (Å²) in [7, 11) is 0. The SMILES string of the molecule is C=C(Nc1ccc(Cl)cc1C(=O)N1CCCC[C@H]1c1cc2nc(N3CC[C@H](N)C3)c(C)cn2n1)OC(C)C. The highest BCUT2D eigenvalue weighted by atomic mass is 35.5. The predicted octanol–water partition coefficient (Wildman–Crippen LogP) is 4.90. The van der Waals surface area contributed by atoms with Crippen molar-refractivity contribution in [1.29, 1.82) is 0 Å². The molecule has 0 aliphatic carbocycles. The number of halogens is 1. The molecule has 2 aliphatic heterocycles. The zero-order valence-corrected chi connectivity index (χ0v) is 23.0. The predicted molar refractivity (Wildman–Crippen MR) is 151 cm³/mol. The topological polar surface area (TPSA) is 101 Å². The third kappa shape index (κ3) is 5.44. The number of amides is 1. The van der Waals surface area contributed by atoms with Gasteiger partial charge in [-0.3, -0.25) is 4.79 Å². The van der Waals surface area contributed by atoms with E-state index in [1.165, 1.54) is 0 Å². The highest BCUT2D eigenvalue weighted by molar-refractivity contribution is 6.31. The molecule has 1 amide bonds. The third-order valence-electron chi connectivity index (χ3n) is 7.12. The van der Waals surface area contributed by atoms with Gasteiger partial charge in [-0.25, -0.2) is 9.50 Å². The van der Waals surface area contributed by atoms with E-state index in [4.69, 9.17) is 32.2 Å². The minimum absolute atomic E-state index is 0.0389. The van der Waals surface area contributed by atoms with Gasteiger partial charge in [0.15, 0.2) is 11.5 Å². The molecule has 5 rings (SSSR count). The lowest BCUT2D eigenvalue weighted by Gasteiger charge is -2.35. The van der Waals surface area contributed by atoms with E-state index in [0.717, 1.165) is 61.5 Å². The van der Waals surface area contributed by atoms with Crippen LogP contribution in [-0.4, -0.2) is 57.2 Å². The van der Waals surface area contributed by atoms with E-state index in [-0.39, 0.29) is 24.1 Å². The molecule has 2 fully saturated rings. The zero-order valence-electron chi connectivity index (χ0n) is 22.3. The fourth-order valence-corrected chi connectivity index (χ4v) is 5.56. The number of carbonyl (C=O) groups is 1. The Morgan fingerprint density at radius 3 is 2.79 bits per heavy atom. The van der Waals surface area contributed by atoms with E-state index in [2.05, 4.69) is 16.8 Å². The highest BCUT2D eigenvalue weighted by Gasteiger charge is 2.32. The number of aromatic nitrogens is 3. The minimum Gasteiger partial charge on any atom is -0.477 e. The van der Waals surface area contributed by atoms with E-state index in [1.54, 1.807) is 18.2 Å². The summed E-state index contributed by atoms with van der Waals surface area (Å²) in [6.45, 7) is 12.2. The molecule has 0 spiro atoms. The molecule has 0 saturated carbocycles. The highest BCUT2D eigenvalue weighted by Crippen LogP contribution is 2.34. The normalized spacial score (nSPS) is 19.8. The van der Waals surface area contributed by atoms with Crippen molar-refractivity contribution in [3.63, 3.8) is 0 Å². The number of benzene rings is 1. The summed E-state index contributed by atoms with van der Waals surface area (Å²) in [6.07, 6.45) is 5.72. The first-order valence-electron chi connectivity index (χ1n) is 13.3. The number of piperidine rings is 1. The zero-order chi connectivity index (χ0) is 27.0. The van der Waals surface area contributed by atoms with Crippen LogP contribution in [0.4, 0.5) is 11.5 Å². The molecule has 2 aromatic heterocycles. The fourth-order valence-electron chi connectivity index (χ4n) is 5.39. The number of hydrogen-bond acceptors (Lipinski definition) is 7. The summed E-state index contributed by atoms with van der Waals surface area (Å²) in [5.74, 6) is 1.22. The van der Waals surface area contributed by atoms with Crippen molar-refractivity contribution in [1.82, 2.24) is 19.5 Å². The molecule has 2 atom stereocenters. The van der Waals surface area contributed by atoms with Gasteiger partial charge in [-0.1, -0.05) is 11.6 Å². The monoisotopic (exact) mass is 537 g/mol. The number of nitrogens with two attached hydrogens (primary N) is 1. The maximum Gasteiger partial charge on any atom is 0.256 e. The average molecular weight is 538 g/mol. The Balaban J connectivity index is 1.44. The number of fused-ring (bicyclic) bond motifs is 1. The second-order valence-corrected chi connectivity index (χ2v) is 11.0. The standard InChI is InChI=1S/C28H36ClN7O2/c1-17(2)38-19(4)31-23-9-8-20(29)13-22(23)28(37)35-11-6-5-7-25(35)24-14-26-32-27(18(3)15-36(26)33-24)34-12-10-21(30)16-34/h8-9,13-15,17,21,25,31H,4-7,10-12,16,30H2,1-3H3/t21-,25-/m0/s1. The molecule has 202 valence electrons. The Morgan fingerprint density at radius 2 is 2.05 bits per heavy atom. The molecule has 38 heavy (non-hydrogen) atoms. The van der Waals surface area contributed by atoms with Crippen molar-refractivity contribution in [3.8, 4) is 0 Å². The number of rotatable bonds is 7. The van der Waals surface area contributed by atoms with Gasteiger partial charge in [0, 0.05) is 48.5 Å². The lowest BCUT2D eigenvalue weighted by molar-refractivity contribution is 0.0606. The number of hydrogen-bond donors (Lipinski definition) is 2. The Morgan fingerprint density at radius 1 is 1.24 bits per heavy atom. The van der Waals surface area contributed by atoms with E-state index in [0.29, 0.717) is 28.7 Å². The van der Waals surface area contributed by atoms with Gasteiger partial charge in [-0.15, -0.1) is 0 Å². The number of nitrogens with zero attached hydrogens (tertiary/aromatic N) is 5. The van der Waals surface area contributed by atoms with E-state index in [1.807, 2.05) is 42.4 Å². The maximum atomic E-state index is 14.0. The second kappa shape index (κ2) is 10.8. The first kappa shape index (κ1) is 26.3. The van der Waals surface area contributed by atoms with Gasteiger partial charge in [0.1, 0.15) is 5.82 Å². The molecule has 9 nitrogen and oxygen atoms in total.